The Hall–Kier alpha value is -2.85. The van der Waals surface area contributed by atoms with E-state index in [9.17, 15) is 13.5 Å². The summed E-state index contributed by atoms with van der Waals surface area (Å²) in [4.78, 5) is 8.32. The van der Waals surface area contributed by atoms with Crippen LogP contribution < -0.4 is 10.0 Å². The van der Waals surface area contributed by atoms with Gasteiger partial charge in [-0.15, -0.1) is 0 Å². The summed E-state index contributed by atoms with van der Waals surface area (Å²) in [5.41, 5.74) is 2.05. The van der Waals surface area contributed by atoms with Gasteiger partial charge in [0.15, 0.2) is 12.0 Å². The summed E-state index contributed by atoms with van der Waals surface area (Å²) in [7, 11) is -3.66. The lowest BCUT2D eigenvalue weighted by Gasteiger charge is -2.17. The Balaban J connectivity index is 1.33. The van der Waals surface area contributed by atoms with Crippen LogP contribution in [0.2, 0.25) is 0 Å². The number of pyridine rings is 1. The van der Waals surface area contributed by atoms with Crippen molar-refractivity contribution in [3.05, 3.63) is 66.8 Å². The average Bonchev–Trinajstić information content (AvgIpc) is 3.20. The van der Waals surface area contributed by atoms with Crippen molar-refractivity contribution < 1.29 is 17.9 Å². The molecule has 2 heterocycles. The maximum Gasteiger partial charge on any atom is 0.240 e. The zero-order chi connectivity index (χ0) is 21.1. The quantitative estimate of drug-likeness (QED) is 0.396. The van der Waals surface area contributed by atoms with Crippen LogP contribution in [0.3, 0.4) is 0 Å². The topological polar surface area (TPSA) is 117 Å². The summed E-state index contributed by atoms with van der Waals surface area (Å²) in [6, 6.07) is 11.7. The third kappa shape index (κ3) is 4.49. The monoisotopic (exact) mass is 426 g/mol. The van der Waals surface area contributed by atoms with Crippen LogP contribution in [0, 0.1) is 0 Å². The Bertz CT molecular complexity index is 1270. The summed E-state index contributed by atoms with van der Waals surface area (Å²) in [6.07, 6.45) is 3.94. The minimum absolute atomic E-state index is 0.203. The van der Waals surface area contributed by atoms with E-state index < -0.39 is 16.1 Å². The van der Waals surface area contributed by atoms with Gasteiger partial charge in [0.05, 0.1) is 11.0 Å². The van der Waals surface area contributed by atoms with Gasteiger partial charge in [-0.3, -0.25) is 4.98 Å². The normalized spacial score (nSPS) is 14.2. The van der Waals surface area contributed by atoms with Gasteiger partial charge in [-0.2, -0.15) is 0 Å². The number of hydrogen-bond acceptors (Lipinski definition) is 7. The van der Waals surface area contributed by atoms with Crippen molar-refractivity contribution in [3.8, 4) is 0 Å². The molecule has 4 aromatic rings. The molecule has 0 bridgehead atoms. The molecule has 2 aromatic carbocycles. The van der Waals surface area contributed by atoms with Gasteiger partial charge in [0.1, 0.15) is 5.52 Å². The van der Waals surface area contributed by atoms with Gasteiger partial charge < -0.3 is 14.8 Å². The first-order valence-corrected chi connectivity index (χ1v) is 11.0. The Morgan fingerprint density at radius 3 is 2.83 bits per heavy atom. The molecule has 1 unspecified atom stereocenters. The molecule has 0 spiro atoms. The number of benzene rings is 2. The smallest absolute Gasteiger partial charge is 0.240 e. The van der Waals surface area contributed by atoms with Crippen LogP contribution in [-0.2, 0) is 10.0 Å². The van der Waals surface area contributed by atoms with E-state index in [2.05, 4.69) is 20.0 Å². The van der Waals surface area contributed by atoms with E-state index in [0.717, 1.165) is 10.8 Å². The van der Waals surface area contributed by atoms with Crippen molar-refractivity contribution in [3.63, 3.8) is 0 Å². The molecular formula is C21H22N4O4S. The Labute approximate surface area is 174 Å². The van der Waals surface area contributed by atoms with E-state index in [1.165, 1.54) is 6.39 Å². The molecule has 3 N–H and O–H groups in total. The minimum Gasteiger partial charge on any atom is -0.443 e. The fraction of sp³-hybridized carbons (Fsp3) is 0.238. The first-order chi connectivity index (χ1) is 14.4. The van der Waals surface area contributed by atoms with Crippen LogP contribution in [0.4, 0.5) is 0 Å². The molecule has 0 aliphatic heterocycles. The number of fused-ring (bicyclic) bond motifs is 2. The predicted molar refractivity (Wildman–Crippen MR) is 113 cm³/mol. The van der Waals surface area contributed by atoms with Crippen molar-refractivity contribution in [2.24, 2.45) is 0 Å². The van der Waals surface area contributed by atoms with E-state index in [1.54, 1.807) is 61.8 Å². The molecule has 30 heavy (non-hydrogen) atoms. The van der Waals surface area contributed by atoms with Gasteiger partial charge in [-0.1, -0.05) is 12.1 Å². The molecular weight excluding hydrogens is 404 g/mol. The molecule has 0 aliphatic rings. The number of rotatable bonds is 8. The second-order valence-corrected chi connectivity index (χ2v) is 8.87. The second-order valence-electron chi connectivity index (χ2n) is 7.16. The average molecular weight is 426 g/mol. The second kappa shape index (κ2) is 8.49. The van der Waals surface area contributed by atoms with Gasteiger partial charge >= 0.3 is 0 Å². The van der Waals surface area contributed by atoms with E-state index in [-0.39, 0.29) is 17.5 Å². The van der Waals surface area contributed by atoms with Crippen LogP contribution in [0.25, 0.3) is 21.9 Å². The number of sulfonamides is 1. The molecule has 156 valence electrons. The van der Waals surface area contributed by atoms with Gasteiger partial charge in [0.2, 0.25) is 10.0 Å². The lowest BCUT2D eigenvalue weighted by Crippen LogP contribution is -2.40. The Morgan fingerprint density at radius 1 is 1.10 bits per heavy atom. The highest BCUT2D eigenvalue weighted by Gasteiger charge is 2.18. The Kier molecular flexibility index (Phi) is 5.78. The summed E-state index contributed by atoms with van der Waals surface area (Å²) in [5.74, 6) is 0. The molecule has 0 aliphatic carbocycles. The fourth-order valence-electron chi connectivity index (χ4n) is 3.24. The lowest BCUT2D eigenvalue weighted by atomic mass is 10.1. The molecule has 0 amide bonds. The third-order valence-electron chi connectivity index (χ3n) is 4.81. The minimum atomic E-state index is -3.66. The van der Waals surface area contributed by atoms with E-state index in [4.69, 9.17) is 4.42 Å². The number of nitrogens with zero attached hydrogens (tertiary/aromatic N) is 2. The largest absolute Gasteiger partial charge is 0.443 e. The van der Waals surface area contributed by atoms with E-state index >= 15 is 0 Å². The number of hydrogen-bond donors (Lipinski definition) is 3. The molecule has 0 radical (unpaired) electrons. The molecule has 0 saturated carbocycles. The first-order valence-electron chi connectivity index (χ1n) is 9.50. The highest BCUT2D eigenvalue weighted by molar-refractivity contribution is 7.89. The molecule has 2 atom stereocenters. The summed E-state index contributed by atoms with van der Waals surface area (Å²) in [5, 5.41) is 15.2. The first kappa shape index (κ1) is 20.4. The molecule has 0 saturated heterocycles. The molecule has 2 aromatic heterocycles. The third-order valence-corrected chi connectivity index (χ3v) is 6.39. The van der Waals surface area contributed by atoms with Gasteiger partial charge in [-0.05, 0) is 48.2 Å². The van der Waals surface area contributed by atoms with Crippen LogP contribution in [0.15, 0.2) is 70.6 Å². The molecule has 0 fully saturated rings. The van der Waals surface area contributed by atoms with Crippen molar-refractivity contribution >= 4 is 31.9 Å². The Morgan fingerprint density at radius 2 is 1.97 bits per heavy atom. The molecule has 9 heteroatoms. The summed E-state index contributed by atoms with van der Waals surface area (Å²) >= 11 is 0. The maximum atomic E-state index is 12.7. The van der Waals surface area contributed by atoms with Crippen molar-refractivity contribution in [2.75, 3.05) is 13.1 Å². The number of aromatic nitrogens is 2. The van der Waals surface area contributed by atoms with Crippen molar-refractivity contribution in [1.82, 2.24) is 20.0 Å². The van der Waals surface area contributed by atoms with Crippen molar-refractivity contribution in [2.45, 2.75) is 24.0 Å². The number of oxazole rings is 1. The van der Waals surface area contributed by atoms with Crippen LogP contribution in [0.5, 0.6) is 0 Å². The van der Waals surface area contributed by atoms with Crippen molar-refractivity contribution in [1.29, 1.82) is 0 Å². The standard InChI is InChI=1S/C21H22N4O4S/c1-14(10-23-12-20(26)16-3-5-21-19(9-16)24-13-29-21)25-30(27,28)18-4-2-17-11-22-7-6-15(17)8-18/h2-9,11,13-14,20,23,25-26H,10,12H2,1H3/t14-,20?/m1/s1. The predicted octanol–water partition coefficient (Wildman–Crippen LogP) is 2.37. The zero-order valence-electron chi connectivity index (χ0n) is 16.3. The van der Waals surface area contributed by atoms with E-state index in [1.807, 2.05) is 0 Å². The SMILES string of the molecule is C[C@H](CNCC(O)c1ccc2ocnc2c1)NS(=O)(=O)c1ccc2cnccc2c1. The fourth-order valence-corrected chi connectivity index (χ4v) is 4.52. The maximum absolute atomic E-state index is 12.7. The van der Waals surface area contributed by atoms with Gasteiger partial charge in [0.25, 0.3) is 0 Å². The van der Waals surface area contributed by atoms with Gasteiger partial charge in [0, 0.05) is 36.9 Å². The van der Waals surface area contributed by atoms with Crippen LogP contribution >= 0.6 is 0 Å². The van der Waals surface area contributed by atoms with Crippen LogP contribution in [-0.4, -0.2) is 42.6 Å². The molecule has 4 rings (SSSR count). The number of aliphatic hydroxyl groups is 1. The highest BCUT2D eigenvalue weighted by Crippen LogP contribution is 2.20. The molecule has 8 nitrogen and oxygen atoms in total. The summed E-state index contributed by atoms with van der Waals surface area (Å²) < 4.78 is 33.2. The highest BCUT2D eigenvalue weighted by atomic mass is 32.2. The van der Waals surface area contributed by atoms with E-state index in [0.29, 0.717) is 23.2 Å². The number of aliphatic hydroxyl groups excluding tert-OH is 1. The summed E-state index contributed by atoms with van der Waals surface area (Å²) in [6.45, 7) is 2.40. The van der Waals surface area contributed by atoms with Crippen LogP contribution in [0.1, 0.15) is 18.6 Å². The lowest BCUT2D eigenvalue weighted by molar-refractivity contribution is 0.174. The van der Waals surface area contributed by atoms with Gasteiger partial charge in [-0.25, -0.2) is 18.1 Å². The number of nitrogens with one attached hydrogen (secondary N) is 2. The zero-order valence-corrected chi connectivity index (χ0v) is 17.1.